The summed E-state index contributed by atoms with van der Waals surface area (Å²) in [6.07, 6.45) is 4.65. The molecule has 3 aromatic heterocycles. The van der Waals surface area contributed by atoms with E-state index in [4.69, 9.17) is 0 Å². The number of fused-ring (bicyclic) bond motifs is 15. The Morgan fingerprint density at radius 3 is 1.51 bits per heavy atom. The van der Waals surface area contributed by atoms with Crippen molar-refractivity contribution in [3.8, 4) is 11.4 Å². The van der Waals surface area contributed by atoms with Gasteiger partial charge in [0, 0.05) is 42.5 Å². The van der Waals surface area contributed by atoms with E-state index in [2.05, 4.69) is 191 Å². The number of allylic oxidation sites excluding steroid dienone is 1. The molecule has 57 heavy (non-hydrogen) atoms. The maximum atomic E-state index is 2.46. The van der Waals surface area contributed by atoms with Gasteiger partial charge in [-0.25, -0.2) is 0 Å². The number of hydrogen-bond donors (Lipinski definition) is 0. The maximum Gasteiger partial charge on any atom is 0.0542 e. The molecule has 0 amide bonds. The third kappa shape index (κ3) is 4.40. The fourth-order valence-electron chi connectivity index (χ4n) is 10.1. The number of aromatic nitrogens is 2. The molecular formula is C54H34N2S. The molecule has 0 N–H and O–H groups in total. The SMILES string of the molecule is C1=C(c2ccc3c4ccc(-n5c6ccccc6c6cc(-n7c8ccccc8c8ccccc87)ccc65)cc4c4ccccc4c3c2)c2sc3ccccc3c2CC1. The fraction of sp³-hybridized carbons (Fsp3) is 0.0370. The van der Waals surface area contributed by atoms with Gasteiger partial charge in [0.1, 0.15) is 0 Å². The largest absolute Gasteiger partial charge is 0.309 e. The highest BCUT2D eigenvalue weighted by molar-refractivity contribution is 7.20. The monoisotopic (exact) mass is 742 g/mol. The van der Waals surface area contributed by atoms with Crippen molar-refractivity contribution in [1.82, 2.24) is 9.13 Å². The molecule has 0 unspecified atom stereocenters. The van der Waals surface area contributed by atoms with E-state index >= 15 is 0 Å². The quantitative estimate of drug-likeness (QED) is 0.160. The molecule has 0 saturated carbocycles. The summed E-state index contributed by atoms with van der Waals surface area (Å²) in [6.45, 7) is 0. The summed E-state index contributed by atoms with van der Waals surface area (Å²) in [4.78, 5) is 1.44. The van der Waals surface area contributed by atoms with Crippen LogP contribution in [-0.2, 0) is 6.42 Å². The Labute approximate surface area is 332 Å². The van der Waals surface area contributed by atoms with E-state index in [1.807, 2.05) is 11.3 Å². The molecule has 0 atom stereocenters. The first-order valence-electron chi connectivity index (χ1n) is 19.9. The Balaban J connectivity index is 1.00. The van der Waals surface area contributed by atoms with Crippen LogP contribution in [0.1, 0.15) is 22.4 Å². The van der Waals surface area contributed by atoms with Gasteiger partial charge in [0.15, 0.2) is 0 Å². The Bertz CT molecular complexity index is 3630. The molecule has 3 heteroatoms. The predicted molar refractivity (Wildman–Crippen MR) is 245 cm³/mol. The van der Waals surface area contributed by atoms with Crippen LogP contribution in [-0.4, -0.2) is 9.13 Å². The van der Waals surface area contributed by atoms with Crippen LogP contribution in [0.2, 0.25) is 0 Å². The van der Waals surface area contributed by atoms with Crippen LogP contribution in [0.3, 0.4) is 0 Å². The molecule has 0 saturated heterocycles. The molecule has 1 aliphatic rings. The van der Waals surface area contributed by atoms with Gasteiger partial charge in [-0.3, -0.25) is 0 Å². The molecule has 1 aliphatic carbocycles. The van der Waals surface area contributed by atoms with E-state index in [0.29, 0.717) is 0 Å². The molecule has 12 aromatic rings. The molecule has 3 heterocycles. The van der Waals surface area contributed by atoms with Gasteiger partial charge in [-0.1, -0.05) is 121 Å². The van der Waals surface area contributed by atoms with E-state index in [9.17, 15) is 0 Å². The molecule has 266 valence electrons. The summed E-state index contributed by atoms with van der Waals surface area (Å²) in [5, 5.41) is 14.2. The lowest BCUT2D eigenvalue weighted by molar-refractivity contribution is 0.998. The van der Waals surface area contributed by atoms with Crippen molar-refractivity contribution >= 4 is 103 Å². The van der Waals surface area contributed by atoms with Gasteiger partial charge in [0.25, 0.3) is 0 Å². The topological polar surface area (TPSA) is 9.86 Å². The van der Waals surface area contributed by atoms with Crippen molar-refractivity contribution in [2.24, 2.45) is 0 Å². The first-order valence-corrected chi connectivity index (χ1v) is 20.7. The second kappa shape index (κ2) is 11.8. The number of hydrogen-bond acceptors (Lipinski definition) is 1. The number of aryl methyl sites for hydroxylation is 1. The zero-order valence-corrected chi connectivity index (χ0v) is 31.9. The Morgan fingerprint density at radius 2 is 0.842 bits per heavy atom. The van der Waals surface area contributed by atoms with Crippen molar-refractivity contribution in [3.05, 3.63) is 198 Å². The molecule has 0 radical (unpaired) electrons. The van der Waals surface area contributed by atoms with Crippen molar-refractivity contribution in [1.29, 1.82) is 0 Å². The second-order valence-corrected chi connectivity index (χ2v) is 16.6. The van der Waals surface area contributed by atoms with Crippen LogP contribution in [0.25, 0.3) is 103 Å². The van der Waals surface area contributed by atoms with Gasteiger partial charge in [0.2, 0.25) is 0 Å². The Hall–Kier alpha value is -6.94. The molecule has 0 aliphatic heterocycles. The second-order valence-electron chi connectivity index (χ2n) is 15.5. The molecule has 0 bridgehead atoms. The smallest absolute Gasteiger partial charge is 0.0542 e. The van der Waals surface area contributed by atoms with Crippen molar-refractivity contribution in [3.63, 3.8) is 0 Å². The molecule has 13 rings (SSSR count). The van der Waals surface area contributed by atoms with Gasteiger partial charge in [-0.15, -0.1) is 11.3 Å². The highest BCUT2D eigenvalue weighted by Crippen LogP contribution is 2.45. The zero-order chi connectivity index (χ0) is 37.2. The van der Waals surface area contributed by atoms with Crippen LogP contribution in [0, 0.1) is 0 Å². The minimum atomic E-state index is 1.08. The zero-order valence-electron chi connectivity index (χ0n) is 31.0. The van der Waals surface area contributed by atoms with E-state index < -0.39 is 0 Å². The Kier molecular flexibility index (Phi) is 6.47. The van der Waals surface area contributed by atoms with Gasteiger partial charge in [-0.2, -0.15) is 0 Å². The van der Waals surface area contributed by atoms with E-state index in [1.165, 1.54) is 119 Å². The molecular weight excluding hydrogens is 709 g/mol. The summed E-state index contributed by atoms with van der Waals surface area (Å²) in [5.74, 6) is 0. The van der Waals surface area contributed by atoms with Crippen molar-refractivity contribution < 1.29 is 0 Å². The first-order chi connectivity index (χ1) is 28.3. The van der Waals surface area contributed by atoms with Gasteiger partial charge in [0.05, 0.1) is 22.1 Å². The van der Waals surface area contributed by atoms with Gasteiger partial charge in [-0.05, 0) is 128 Å². The van der Waals surface area contributed by atoms with E-state index in [-0.39, 0.29) is 0 Å². The summed E-state index contributed by atoms with van der Waals surface area (Å²) < 4.78 is 6.26. The summed E-state index contributed by atoms with van der Waals surface area (Å²) in [7, 11) is 0. The van der Waals surface area contributed by atoms with Gasteiger partial charge >= 0.3 is 0 Å². The summed E-state index contributed by atoms with van der Waals surface area (Å²) in [6, 6.07) is 65.6. The molecule has 2 nitrogen and oxygen atoms in total. The average Bonchev–Trinajstić information content (AvgIpc) is 3.94. The van der Waals surface area contributed by atoms with Crippen LogP contribution in [0.4, 0.5) is 0 Å². The van der Waals surface area contributed by atoms with Gasteiger partial charge < -0.3 is 9.13 Å². The number of para-hydroxylation sites is 3. The summed E-state index contributed by atoms with van der Waals surface area (Å²) >= 11 is 1.94. The summed E-state index contributed by atoms with van der Waals surface area (Å²) in [5.41, 5.74) is 11.4. The lowest BCUT2D eigenvalue weighted by Gasteiger charge is -2.17. The van der Waals surface area contributed by atoms with E-state index in [1.54, 1.807) is 0 Å². The van der Waals surface area contributed by atoms with Crippen LogP contribution in [0.15, 0.2) is 182 Å². The Morgan fingerprint density at radius 1 is 0.368 bits per heavy atom. The number of nitrogens with zero attached hydrogens (tertiary/aromatic N) is 2. The van der Waals surface area contributed by atoms with E-state index in [0.717, 1.165) is 12.8 Å². The lowest BCUT2D eigenvalue weighted by atomic mass is 9.88. The normalized spacial score (nSPS) is 13.2. The number of benzene rings is 9. The third-order valence-electron chi connectivity index (χ3n) is 12.6. The minimum absolute atomic E-state index is 1.08. The predicted octanol–water partition coefficient (Wildman–Crippen LogP) is 14.9. The molecule has 9 aromatic carbocycles. The van der Waals surface area contributed by atoms with Crippen molar-refractivity contribution in [2.75, 3.05) is 0 Å². The van der Waals surface area contributed by atoms with Crippen molar-refractivity contribution in [2.45, 2.75) is 12.8 Å². The maximum absolute atomic E-state index is 2.46. The third-order valence-corrected chi connectivity index (χ3v) is 13.8. The highest BCUT2D eigenvalue weighted by atomic mass is 32.1. The highest BCUT2D eigenvalue weighted by Gasteiger charge is 2.22. The van der Waals surface area contributed by atoms with Crippen LogP contribution >= 0.6 is 11.3 Å². The average molecular weight is 743 g/mol. The first kappa shape index (κ1) is 31.3. The standard InChI is InChI=1S/C54H34N2S/c1-2-13-38-37(12-1)46-30-33(36-18-11-19-45-44-17-6-10-23-53(44)57-54(36)45)24-27-39(46)40-28-25-34(31-47(38)40)56-51-22-9-5-16-43(51)48-32-35(26-29-52(48)56)55-49-20-7-3-14-41(49)42-15-4-8-21-50(42)55/h1-10,12-18,20-32H,11,19H2. The fourth-order valence-corrected chi connectivity index (χ4v) is 11.4. The van der Waals surface area contributed by atoms with Crippen LogP contribution in [0.5, 0.6) is 0 Å². The molecule has 0 spiro atoms. The lowest BCUT2D eigenvalue weighted by Crippen LogP contribution is -1.98. The number of thiophene rings is 1. The van der Waals surface area contributed by atoms with Crippen LogP contribution < -0.4 is 0 Å². The molecule has 0 fully saturated rings. The minimum Gasteiger partial charge on any atom is -0.309 e. The number of rotatable bonds is 3.